The van der Waals surface area contributed by atoms with Crippen molar-refractivity contribution in [1.29, 1.82) is 0 Å². The summed E-state index contributed by atoms with van der Waals surface area (Å²) in [6, 6.07) is 8.88. The molecule has 0 radical (unpaired) electrons. The van der Waals surface area contributed by atoms with Gasteiger partial charge in [0.15, 0.2) is 23.2 Å². The van der Waals surface area contributed by atoms with Crippen LogP contribution < -0.4 is 5.32 Å². The minimum Gasteiger partial charge on any atom is -0.394 e. The van der Waals surface area contributed by atoms with Crippen molar-refractivity contribution in [1.82, 2.24) is 19.5 Å². The van der Waals surface area contributed by atoms with Gasteiger partial charge in [0, 0.05) is 0 Å². The first-order valence-electron chi connectivity index (χ1n) is 12.4. The van der Waals surface area contributed by atoms with Gasteiger partial charge in [-0.1, -0.05) is 24.3 Å². The van der Waals surface area contributed by atoms with E-state index in [2.05, 4.69) is 44.5 Å². The van der Waals surface area contributed by atoms with Gasteiger partial charge in [0.05, 0.1) is 31.7 Å². The zero-order valence-corrected chi connectivity index (χ0v) is 19.4. The number of nitrogens with one attached hydrogen (secondary N) is 1. The summed E-state index contributed by atoms with van der Waals surface area (Å²) in [5, 5.41) is 33.4. The zero-order chi connectivity index (χ0) is 23.9. The fraction of sp³-hybridized carbons (Fsp3) is 0.560. The molecule has 3 aromatic rings. The van der Waals surface area contributed by atoms with Crippen LogP contribution in [0.2, 0.25) is 0 Å². The first-order chi connectivity index (χ1) is 17.1. The van der Waals surface area contributed by atoms with E-state index in [1.165, 1.54) is 36.6 Å². The molecule has 3 fully saturated rings. The number of aliphatic hydroxyl groups is 3. The molecule has 10 nitrogen and oxygen atoms in total. The highest BCUT2D eigenvalue weighted by atomic mass is 16.6. The van der Waals surface area contributed by atoms with E-state index in [1.54, 1.807) is 4.57 Å². The first-order valence-corrected chi connectivity index (χ1v) is 12.4. The summed E-state index contributed by atoms with van der Waals surface area (Å²) < 4.78 is 13.5. The number of imidazole rings is 1. The summed E-state index contributed by atoms with van der Waals surface area (Å²) in [7, 11) is 0. The third kappa shape index (κ3) is 4.41. The van der Waals surface area contributed by atoms with E-state index in [1.807, 2.05) is 0 Å². The van der Waals surface area contributed by atoms with E-state index in [-0.39, 0.29) is 12.1 Å². The van der Waals surface area contributed by atoms with Gasteiger partial charge in [0.25, 0.3) is 0 Å². The lowest BCUT2D eigenvalue weighted by Crippen LogP contribution is -2.33. The normalized spacial score (nSPS) is 30.8. The van der Waals surface area contributed by atoms with Crippen molar-refractivity contribution in [3.8, 4) is 0 Å². The minimum absolute atomic E-state index is 0.0608. The van der Waals surface area contributed by atoms with Crippen LogP contribution in [0.25, 0.3) is 11.2 Å². The molecular weight excluding hydrogens is 450 g/mol. The molecule has 2 saturated carbocycles. The van der Waals surface area contributed by atoms with Crippen LogP contribution in [0.1, 0.15) is 55.4 Å². The molecule has 3 aliphatic rings. The van der Waals surface area contributed by atoms with Crippen LogP contribution in [0.3, 0.4) is 0 Å². The third-order valence-electron chi connectivity index (χ3n) is 7.42. The fourth-order valence-corrected chi connectivity index (χ4v) is 5.23. The average Bonchev–Trinajstić information content (AvgIpc) is 3.39. The van der Waals surface area contributed by atoms with Gasteiger partial charge in [0.2, 0.25) is 0 Å². The van der Waals surface area contributed by atoms with Crippen molar-refractivity contribution in [2.24, 2.45) is 0 Å². The number of fused-ring (bicyclic) bond motifs is 1. The lowest BCUT2D eigenvalue weighted by atomic mass is 10.1. The lowest BCUT2D eigenvalue weighted by molar-refractivity contribution is -0.0511. The van der Waals surface area contributed by atoms with E-state index in [9.17, 15) is 15.3 Å². The Hall–Kier alpha value is -2.63. The highest BCUT2D eigenvalue weighted by Gasteiger charge is 2.44. The molecule has 2 aliphatic carbocycles. The Bertz CT molecular complexity index is 1170. The molecule has 186 valence electrons. The predicted octanol–water partition coefficient (Wildman–Crippen LogP) is 1.86. The maximum atomic E-state index is 10.4. The van der Waals surface area contributed by atoms with Gasteiger partial charge in [-0.2, -0.15) is 0 Å². The standard InChI is InChI=1S/C25H31N5O5/c31-10-19-21(32)22(33)25(35-19)30-13-28-20-23(26-12-27-24(20)30)29-17-2-1-3-18(17)34-11-14-4-6-15(7-5-14)16-8-9-16/h4-7,12-13,16-19,21-22,25,31-33H,1-3,8-11H2,(H,26,27,29)/t17-,18-,19-,21-,22-,25-/m1/s1. The fourth-order valence-electron chi connectivity index (χ4n) is 5.23. The van der Waals surface area contributed by atoms with Gasteiger partial charge in [-0.15, -0.1) is 0 Å². The Balaban J connectivity index is 1.15. The topological polar surface area (TPSA) is 135 Å². The van der Waals surface area contributed by atoms with Crippen molar-refractivity contribution in [3.05, 3.63) is 48.0 Å². The number of aromatic nitrogens is 4. The number of ether oxygens (including phenoxy) is 2. The van der Waals surface area contributed by atoms with Gasteiger partial charge < -0.3 is 30.1 Å². The number of rotatable bonds is 8. The Labute approximate surface area is 202 Å². The van der Waals surface area contributed by atoms with E-state index < -0.39 is 31.1 Å². The minimum atomic E-state index is -1.21. The molecule has 6 rings (SSSR count). The van der Waals surface area contributed by atoms with Crippen molar-refractivity contribution in [2.75, 3.05) is 11.9 Å². The molecular formula is C25H31N5O5. The number of nitrogens with zero attached hydrogens (tertiary/aromatic N) is 4. The summed E-state index contributed by atoms with van der Waals surface area (Å²) in [6.07, 6.45) is 4.46. The molecule has 1 aliphatic heterocycles. The van der Waals surface area contributed by atoms with Crippen LogP contribution in [0.5, 0.6) is 0 Å². The number of anilines is 1. The second-order valence-corrected chi connectivity index (χ2v) is 9.82. The van der Waals surface area contributed by atoms with Crippen LogP contribution in [-0.4, -0.2) is 71.9 Å². The SMILES string of the molecule is OC[C@H]1O[C@@H](n2cnc3c(N[C@@H]4CCC[C@H]4OCc4ccc(C5CC5)cc4)ncnc32)[C@H](O)[C@@H]1O. The quantitative estimate of drug-likeness (QED) is 0.380. The first kappa shape index (κ1) is 22.8. The second-order valence-electron chi connectivity index (χ2n) is 9.82. The Morgan fingerprint density at radius 3 is 2.60 bits per heavy atom. The number of aliphatic hydroxyl groups excluding tert-OH is 3. The van der Waals surface area contributed by atoms with Crippen LogP contribution in [0.4, 0.5) is 5.82 Å². The molecule has 2 aromatic heterocycles. The highest BCUT2D eigenvalue weighted by Crippen LogP contribution is 2.40. The molecule has 1 aromatic carbocycles. The number of hydrogen-bond donors (Lipinski definition) is 4. The zero-order valence-electron chi connectivity index (χ0n) is 19.4. The largest absolute Gasteiger partial charge is 0.394 e. The molecule has 6 atom stereocenters. The summed E-state index contributed by atoms with van der Waals surface area (Å²) in [5.41, 5.74) is 3.63. The van der Waals surface area contributed by atoms with Gasteiger partial charge in [-0.25, -0.2) is 15.0 Å². The third-order valence-corrected chi connectivity index (χ3v) is 7.42. The molecule has 0 spiro atoms. The van der Waals surface area contributed by atoms with E-state index in [0.29, 0.717) is 23.6 Å². The predicted molar refractivity (Wildman–Crippen MR) is 127 cm³/mol. The number of hydrogen-bond acceptors (Lipinski definition) is 9. The van der Waals surface area contributed by atoms with Crippen molar-refractivity contribution >= 4 is 17.0 Å². The Kier molecular flexibility index (Phi) is 6.15. The van der Waals surface area contributed by atoms with Gasteiger partial charge >= 0.3 is 0 Å². The van der Waals surface area contributed by atoms with Crippen LogP contribution in [0, 0.1) is 0 Å². The second kappa shape index (κ2) is 9.44. The highest BCUT2D eigenvalue weighted by molar-refractivity contribution is 5.82. The monoisotopic (exact) mass is 481 g/mol. The van der Waals surface area contributed by atoms with Gasteiger partial charge in [-0.3, -0.25) is 4.57 Å². The van der Waals surface area contributed by atoms with E-state index >= 15 is 0 Å². The Morgan fingerprint density at radius 1 is 1.03 bits per heavy atom. The maximum absolute atomic E-state index is 10.4. The average molecular weight is 482 g/mol. The van der Waals surface area contributed by atoms with E-state index in [4.69, 9.17) is 9.47 Å². The maximum Gasteiger partial charge on any atom is 0.167 e. The van der Waals surface area contributed by atoms with Gasteiger partial charge in [-0.05, 0) is 49.1 Å². The van der Waals surface area contributed by atoms with Crippen molar-refractivity contribution < 1.29 is 24.8 Å². The summed E-state index contributed by atoms with van der Waals surface area (Å²) in [5.74, 6) is 1.35. The smallest absolute Gasteiger partial charge is 0.167 e. The van der Waals surface area contributed by atoms with Crippen molar-refractivity contribution in [3.63, 3.8) is 0 Å². The van der Waals surface area contributed by atoms with Crippen LogP contribution in [-0.2, 0) is 16.1 Å². The summed E-state index contributed by atoms with van der Waals surface area (Å²) in [4.78, 5) is 13.2. The Morgan fingerprint density at radius 2 is 1.86 bits per heavy atom. The summed E-state index contributed by atoms with van der Waals surface area (Å²) >= 11 is 0. The molecule has 0 bridgehead atoms. The van der Waals surface area contributed by atoms with Gasteiger partial charge in [0.1, 0.15) is 24.6 Å². The molecule has 4 N–H and O–H groups in total. The summed E-state index contributed by atoms with van der Waals surface area (Å²) in [6.45, 7) is 0.184. The lowest BCUT2D eigenvalue weighted by Gasteiger charge is -2.22. The van der Waals surface area contributed by atoms with E-state index in [0.717, 1.165) is 25.2 Å². The molecule has 3 heterocycles. The molecule has 0 amide bonds. The molecule has 10 heteroatoms. The van der Waals surface area contributed by atoms with Crippen molar-refractivity contribution in [2.45, 2.75) is 81.3 Å². The van der Waals surface area contributed by atoms with Crippen LogP contribution in [0.15, 0.2) is 36.9 Å². The molecule has 0 unspecified atom stereocenters. The molecule has 35 heavy (non-hydrogen) atoms. The van der Waals surface area contributed by atoms with Crippen LogP contribution >= 0.6 is 0 Å². The molecule has 1 saturated heterocycles. The number of benzene rings is 1.